The Bertz CT molecular complexity index is 926. The van der Waals surface area contributed by atoms with Crippen molar-refractivity contribution in [3.63, 3.8) is 0 Å². The van der Waals surface area contributed by atoms with Gasteiger partial charge in [0.1, 0.15) is 5.75 Å². The minimum Gasteiger partial charge on any atom is -0.406 e. The number of nitrogens with one attached hydrogen (secondary N) is 2. The van der Waals surface area contributed by atoms with E-state index in [2.05, 4.69) is 14.8 Å². The molecule has 27 heavy (non-hydrogen) atoms. The summed E-state index contributed by atoms with van der Waals surface area (Å²) in [5.41, 5.74) is 2.39. The van der Waals surface area contributed by atoms with Crippen molar-refractivity contribution in [2.75, 3.05) is 11.9 Å². The minimum atomic E-state index is -4.87. The first kappa shape index (κ1) is 20.7. The Hall–Kier alpha value is -2.59. The lowest BCUT2D eigenvalue weighted by Crippen LogP contribution is -2.33. The molecule has 0 aliphatic heterocycles. The van der Waals surface area contributed by atoms with E-state index in [1.54, 1.807) is 12.1 Å². The van der Waals surface area contributed by atoms with Crippen LogP contribution in [0.15, 0.2) is 47.4 Å². The van der Waals surface area contributed by atoms with Crippen molar-refractivity contribution >= 4 is 21.6 Å². The summed E-state index contributed by atoms with van der Waals surface area (Å²) in [6, 6.07) is 8.97. The van der Waals surface area contributed by atoms with Crippen molar-refractivity contribution in [3.8, 4) is 5.75 Å². The molecule has 0 fully saturated rings. The van der Waals surface area contributed by atoms with E-state index >= 15 is 0 Å². The summed E-state index contributed by atoms with van der Waals surface area (Å²) < 4.78 is 66.4. The van der Waals surface area contributed by atoms with Gasteiger partial charge in [-0.2, -0.15) is 0 Å². The van der Waals surface area contributed by atoms with Crippen molar-refractivity contribution in [2.45, 2.75) is 25.1 Å². The molecule has 0 bridgehead atoms. The van der Waals surface area contributed by atoms with Gasteiger partial charge in [-0.15, -0.1) is 13.2 Å². The van der Waals surface area contributed by atoms with Gasteiger partial charge in [-0.3, -0.25) is 4.79 Å². The summed E-state index contributed by atoms with van der Waals surface area (Å²) in [7, 11) is -4.07. The first-order chi connectivity index (χ1) is 12.5. The van der Waals surface area contributed by atoms with E-state index in [0.717, 1.165) is 35.4 Å². The third-order valence-corrected chi connectivity index (χ3v) is 5.09. The molecule has 6 nitrogen and oxygen atoms in total. The van der Waals surface area contributed by atoms with Crippen LogP contribution in [0.5, 0.6) is 5.75 Å². The molecular weight excluding hydrogens is 385 g/mol. The summed E-state index contributed by atoms with van der Waals surface area (Å²) in [5, 5.41) is 2.60. The molecule has 2 aromatic rings. The molecule has 0 aliphatic carbocycles. The van der Waals surface area contributed by atoms with Gasteiger partial charge in [0.25, 0.3) is 0 Å². The van der Waals surface area contributed by atoms with Crippen LogP contribution < -0.4 is 14.8 Å². The fraction of sp³-hybridized carbons (Fsp3) is 0.235. The average Bonchev–Trinajstić information content (AvgIpc) is 2.56. The number of rotatable bonds is 6. The molecule has 0 unspecified atom stereocenters. The van der Waals surface area contributed by atoms with Crippen LogP contribution in [0.1, 0.15) is 11.1 Å². The second kappa shape index (κ2) is 7.97. The van der Waals surface area contributed by atoms with Gasteiger partial charge in [-0.1, -0.05) is 12.1 Å². The van der Waals surface area contributed by atoms with Crippen LogP contribution in [-0.4, -0.2) is 27.2 Å². The van der Waals surface area contributed by atoms with Gasteiger partial charge in [-0.25, -0.2) is 13.1 Å². The summed E-state index contributed by atoms with van der Waals surface area (Å²) in [5.74, 6) is -1.13. The van der Waals surface area contributed by atoms with Gasteiger partial charge in [0.05, 0.1) is 11.4 Å². The summed E-state index contributed by atoms with van der Waals surface area (Å²) in [6.07, 6.45) is -4.87. The molecule has 0 saturated carbocycles. The Morgan fingerprint density at radius 3 is 2.30 bits per heavy atom. The van der Waals surface area contributed by atoms with Crippen molar-refractivity contribution < 1.29 is 31.1 Å². The van der Waals surface area contributed by atoms with E-state index in [1.165, 1.54) is 0 Å². The molecule has 2 N–H and O–H groups in total. The maximum Gasteiger partial charge on any atom is 0.573 e. The normalized spacial score (nSPS) is 11.9. The first-order valence-electron chi connectivity index (χ1n) is 7.69. The first-order valence-corrected chi connectivity index (χ1v) is 9.18. The molecule has 146 valence electrons. The van der Waals surface area contributed by atoms with E-state index in [9.17, 15) is 26.4 Å². The number of hydrogen-bond donors (Lipinski definition) is 2. The molecule has 2 rings (SSSR count). The maximum absolute atomic E-state index is 12.2. The monoisotopic (exact) mass is 402 g/mol. The van der Waals surface area contributed by atoms with Gasteiger partial charge >= 0.3 is 6.36 Å². The second-order valence-electron chi connectivity index (χ2n) is 5.64. The Morgan fingerprint density at radius 2 is 1.70 bits per heavy atom. The minimum absolute atomic E-state index is 0.295. The number of halogens is 3. The number of carbonyl (C=O) groups is 1. The van der Waals surface area contributed by atoms with E-state index in [4.69, 9.17) is 0 Å². The van der Waals surface area contributed by atoms with E-state index in [1.807, 2.05) is 19.9 Å². The fourth-order valence-corrected chi connectivity index (χ4v) is 3.13. The van der Waals surface area contributed by atoms with E-state index < -0.39 is 34.6 Å². The van der Waals surface area contributed by atoms with Crippen molar-refractivity contribution in [1.82, 2.24) is 4.72 Å². The highest BCUT2D eigenvalue weighted by Crippen LogP contribution is 2.24. The number of aryl methyl sites for hydroxylation is 1. The van der Waals surface area contributed by atoms with E-state index in [0.29, 0.717) is 5.69 Å². The number of benzene rings is 2. The zero-order valence-electron chi connectivity index (χ0n) is 14.4. The molecule has 0 heterocycles. The number of ether oxygens (including phenoxy) is 1. The highest BCUT2D eigenvalue weighted by Gasteiger charge is 2.31. The lowest BCUT2D eigenvalue weighted by atomic mass is 10.1. The number of carbonyl (C=O) groups excluding carboxylic acids is 1. The van der Waals surface area contributed by atoms with E-state index in [-0.39, 0.29) is 4.90 Å². The molecule has 10 heteroatoms. The smallest absolute Gasteiger partial charge is 0.406 e. The van der Waals surface area contributed by atoms with Crippen LogP contribution in [0.25, 0.3) is 0 Å². The quantitative estimate of drug-likeness (QED) is 0.778. The van der Waals surface area contributed by atoms with Gasteiger partial charge in [0.15, 0.2) is 0 Å². The predicted molar refractivity (Wildman–Crippen MR) is 92.9 cm³/mol. The van der Waals surface area contributed by atoms with Crippen molar-refractivity contribution in [1.29, 1.82) is 0 Å². The van der Waals surface area contributed by atoms with Crippen molar-refractivity contribution in [2.24, 2.45) is 0 Å². The SMILES string of the molecule is Cc1cccc(NC(=O)CNS(=O)(=O)c2ccc(OC(F)(F)F)cc2)c1C. The predicted octanol–water partition coefficient (Wildman–Crippen LogP) is 3.12. The Balaban J connectivity index is 1.99. The number of hydrogen-bond acceptors (Lipinski definition) is 4. The highest BCUT2D eigenvalue weighted by molar-refractivity contribution is 7.89. The second-order valence-corrected chi connectivity index (χ2v) is 7.41. The summed E-state index contributed by atoms with van der Waals surface area (Å²) in [4.78, 5) is 11.7. The fourth-order valence-electron chi connectivity index (χ4n) is 2.15. The van der Waals surface area contributed by atoms with Crippen molar-refractivity contribution in [3.05, 3.63) is 53.6 Å². The van der Waals surface area contributed by atoms with Crippen LogP contribution in [0.4, 0.5) is 18.9 Å². The standard InChI is InChI=1S/C17H17F3N2O4S/c1-11-4-3-5-15(12(11)2)22-16(23)10-21-27(24,25)14-8-6-13(7-9-14)26-17(18,19)20/h3-9,21H,10H2,1-2H3,(H,22,23). The number of sulfonamides is 1. The summed E-state index contributed by atoms with van der Waals surface area (Å²) in [6.45, 7) is 3.16. The number of amides is 1. The third-order valence-electron chi connectivity index (χ3n) is 3.67. The molecule has 0 radical (unpaired) electrons. The molecule has 0 spiro atoms. The van der Waals surface area contributed by atoms with Crippen LogP contribution in [-0.2, 0) is 14.8 Å². The molecule has 2 aromatic carbocycles. The van der Waals surface area contributed by atoms with Gasteiger partial charge in [0.2, 0.25) is 15.9 Å². The Kier molecular flexibility index (Phi) is 6.11. The Labute approximate surface area is 154 Å². The number of alkyl halides is 3. The Morgan fingerprint density at radius 1 is 1.07 bits per heavy atom. The molecule has 0 atom stereocenters. The molecular formula is C17H17F3N2O4S. The lowest BCUT2D eigenvalue weighted by molar-refractivity contribution is -0.274. The summed E-state index contributed by atoms with van der Waals surface area (Å²) >= 11 is 0. The molecule has 0 saturated heterocycles. The third kappa shape index (κ3) is 5.97. The van der Waals surface area contributed by atoms with Crippen LogP contribution in [0.2, 0.25) is 0 Å². The van der Waals surface area contributed by atoms with Gasteiger partial charge < -0.3 is 10.1 Å². The molecule has 1 amide bonds. The van der Waals surface area contributed by atoms with Gasteiger partial charge in [-0.05, 0) is 55.3 Å². The zero-order chi connectivity index (χ0) is 20.2. The molecule has 0 aliphatic rings. The number of anilines is 1. The molecule has 0 aromatic heterocycles. The van der Waals surface area contributed by atoms with Crippen LogP contribution >= 0.6 is 0 Å². The lowest BCUT2D eigenvalue weighted by Gasteiger charge is -2.12. The van der Waals surface area contributed by atoms with Crippen LogP contribution in [0, 0.1) is 13.8 Å². The largest absolute Gasteiger partial charge is 0.573 e. The maximum atomic E-state index is 12.2. The topological polar surface area (TPSA) is 84.5 Å². The van der Waals surface area contributed by atoms with Gasteiger partial charge in [0, 0.05) is 5.69 Å². The highest BCUT2D eigenvalue weighted by atomic mass is 32.2. The van der Waals surface area contributed by atoms with Crippen LogP contribution in [0.3, 0.4) is 0 Å². The average molecular weight is 402 g/mol. The zero-order valence-corrected chi connectivity index (χ0v) is 15.2.